The fourth-order valence-electron chi connectivity index (χ4n) is 4.69. The van der Waals surface area contributed by atoms with E-state index in [2.05, 4.69) is 31.2 Å². The maximum Gasteiger partial charge on any atom is 0.258 e. The predicted octanol–water partition coefficient (Wildman–Crippen LogP) is 8.70. The van der Waals surface area contributed by atoms with Gasteiger partial charge in [0.2, 0.25) is 0 Å². The Balaban J connectivity index is 0.00000205. The molecule has 4 nitrogen and oxygen atoms in total. The van der Waals surface area contributed by atoms with Gasteiger partial charge in [0.15, 0.2) is 0 Å². The molecule has 0 fully saturated rings. The van der Waals surface area contributed by atoms with Gasteiger partial charge in [0.1, 0.15) is 10.6 Å². The highest BCUT2D eigenvalue weighted by Crippen LogP contribution is 2.35. The van der Waals surface area contributed by atoms with Crippen molar-refractivity contribution in [3.63, 3.8) is 0 Å². The molecule has 2 aromatic heterocycles. The summed E-state index contributed by atoms with van der Waals surface area (Å²) in [5.74, 6) is 0.701. The molecule has 39 heavy (non-hydrogen) atoms. The third-order valence-corrected chi connectivity index (χ3v) is 7.95. The highest BCUT2D eigenvalue weighted by atomic mass is 32.1. The Labute approximate surface area is 236 Å². The number of allylic oxidation sites excluding steroid dienone is 4. The number of aryl methyl sites for hydroxylation is 1. The van der Waals surface area contributed by atoms with Gasteiger partial charge in [-0.3, -0.25) is 9.36 Å². The summed E-state index contributed by atoms with van der Waals surface area (Å²) in [7, 11) is 1.66. The highest BCUT2D eigenvalue weighted by Gasteiger charge is 2.20. The van der Waals surface area contributed by atoms with Crippen LogP contribution in [0.2, 0.25) is 0 Å². The zero-order valence-corrected chi connectivity index (χ0v) is 24.7. The van der Waals surface area contributed by atoms with E-state index in [1.54, 1.807) is 18.4 Å². The van der Waals surface area contributed by atoms with E-state index in [1.165, 1.54) is 10.5 Å². The van der Waals surface area contributed by atoms with Crippen LogP contribution in [0.5, 0.6) is 5.75 Å². The number of nitrogens with zero attached hydrogens (tertiary/aromatic N) is 2. The first-order chi connectivity index (χ1) is 19.0. The van der Waals surface area contributed by atoms with Crippen molar-refractivity contribution in [3.8, 4) is 22.9 Å². The number of ether oxygens (including phenoxy) is 1. The Kier molecular flexibility index (Phi) is 10.9. The lowest BCUT2D eigenvalue weighted by molar-refractivity contribution is 0.412. The van der Waals surface area contributed by atoms with Crippen molar-refractivity contribution in [2.75, 3.05) is 7.11 Å². The number of benzene rings is 2. The number of fused-ring (bicyclic) bond motifs is 1. The number of rotatable bonds is 9. The SMILES string of the molecule is C/C=C\C(=C/C)CCc1c(OC)c2cc(CC)sc2n(Cc2ccc(-c3ccccc3C#N)cc2)c1=O.CC. The molecule has 0 aliphatic rings. The van der Waals surface area contributed by atoms with Gasteiger partial charge in [-0.15, -0.1) is 11.3 Å². The van der Waals surface area contributed by atoms with Crippen molar-refractivity contribution < 1.29 is 4.74 Å². The molecule has 2 aromatic carbocycles. The Morgan fingerprint density at radius 2 is 1.82 bits per heavy atom. The van der Waals surface area contributed by atoms with Crippen molar-refractivity contribution in [2.45, 2.75) is 60.4 Å². The average molecular weight is 539 g/mol. The van der Waals surface area contributed by atoms with Gasteiger partial charge in [-0.25, -0.2) is 0 Å². The number of hydrogen-bond donors (Lipinski definition) is 0. The zero-order valence-electron chi connectivity index (χ0n) is 23.9. The molecular formula is C34H38N2O2S. The van der Waals surface area contributed by atoms with Gasteiger partial charge in [-0.1, -0.05) is 87.0 Å². The molecule has 0 saturated carbocycles. The van der Waals surface area contributed by atoms with Gasteiger partial charge in [-0.2, -0.15) is 5.26 Å². The van der Waals surface area contributed by atoms with Gasteiger partial charge in [0.05, 0.1) is 36.2 Å². The van der Waals surface area contributed by atoms with Crippen molar-refractivity contribution in [2.24, 2.45) is 0 Å². The standard InChI is InChI=1S/C32H32N2O2S.C2H6/c1-5-10-22(6-2)15-18-28-30(36-4)29-19-26(7-3)37-32(29)34(31(28)35)21-23-13-16-24(17-14-23)27-12-9-8-11-25(27)20-33;1-2/h5-6,8-14,16-17,19H,7,15,18,21H2,1-4H3;1-2H3/b10-5-,22-6+;. The fraction of sp³-hybridized carbons (Fsp3) is 0.294. The van der Waals surface area contributed by atoms with Crippen LogP contribution >= 0.6 is 11.3 Å². The van der Waals surface area contributed by atoms with Gasteiger partial charge >= 0.3 is 0 Å². The van der Waals surface area contributed by atoms with E-state index in [0.717, 1.165) is 45.3 Å². The minimum absolute atomic E-state index is 0.00341. The van der Waals surface area contributed by atoms with Crippen LogP contribution in [0.25, 0.3) is 21.3 Å². The molecule has 0 N–H and O–H groups in total. The second-order valence-electron chi connectivity index (χ2n) is 8.91. The monoisotopic (exact) mass is 538 g/mol. The molecule has 0 amide bonds. The zero-order chi connectivity index (χ0) is 28.4. The van der Waals surface area contributed by atoms with E-state index < -0.39 is 0 Å². The molecule has 4 aromatic rings. The van der Waals surface area contributed by atoms with E-state index in [0.29, 0.717) is 24.3 Å². The molecule has 0 unspecified atom stereocenters. The van der Waals surface area contributed by atoms with Gasteiger partial charge in [0, 0.05) is 4.88 Å². The molecule has 0 atom stereocenters. The topological polar surface area (TPSA) is 55.0 Å². The maximum absolute atomic E-state index is 13.9. The Bertz CT molecular complexity index is 1560. The smallest absolute Gasteiger partial charge is 0.258 e. The summed E-state index contributed by atoms with van der Waals surface area (Å²) in [5, 5.41) is 10.5. The molecular weight excluding hydrogens is 500 g/mol. The summed E-state index contributed by atoms with van der Waals surface area (Å²) < 4.78 is 7.75. The molecule has 202 valence electrons. The van der Waals surface area contributed by atoms with Crippen molar-refractivity contribution in [3.05, 3.63) is 110 Å². The lowest BCUT2D eigenvalue weighted by atomic mass is 9.99. The summed E-state index contributed by atoms with van der Waals surface area (Å²) in [6.45, 7) is 10.6. The molecule has 0 aliphatic heterocycles. The molecule has 2 heterocycles. The number of aromatic nitrogens is 1. The van der Waals surface area contributed by atoms with Crippen LogP contribution in [0, 0.1) is 11.3 Å². The minimum Gasteiger partial charge on any atom is -0.496 e. The van der Waals surface area contributed by atoms with Gasteiger partial charge in [0.25, 0.3) is 5.56 Å². The van der Waals surface area contributed by atoms with Crippen LogP contribution in [0.4, 0.5) is 0 Å². The second kappa shape index (κ2) is 14.3. The predicted molar refractivity (Wildman–Crippen MR) is 166 cm³/mol. The molecule has 4 rings (SSSR count). The molecule has 5 heteroatoms. The van der Waals surface area contributed by atoms with E-state index in [-0.39, 0.29) is 5.56 Å². The molecule has 0 bridgehead atoms. The van der Waals surface area contributed by atoms with E-state index in [1.807, 2.05) is 86.9 Å². The van der Waals surface area contributed by atoms with Crippen molar-refractivity contribution in [1.29, 1.82) is 5.26 Å². The van der Waals surface area contributed by atoms with Crippen LogP contribution < -0.4 is 10.3 Å². The van der Waals surface area contributed by atoms with Crippen molar-refractivity contribution in [1.82, 2.24) is 4.57 Å². The first-order valence-corrected chi connectivity index (χ1v) is 14.4. The van der Waals surface area contributed by atoms with Crippen LogP contribution in [0.15, 0.2) is 83.2 Å². The summed E-state index contributed by atoms with van der Waals surface area (Å²) in [5.41, 5.74) is 5.51. The van der Waals surface area contributed by atoms with E-state index >= 15 is 0 Å². The second-order valence-corrected chi connectivity index (χ2v) is 10.0. The Morgan fingerprint density at radius 3 is 2.44 bits per heavy atom. The molecule has 0 saturated heterocycles. The average Bonchev–Trinajstić information content (AvgIpc) is 3.42. The Morgan fingerprint density at radius 1 is 1.10 bits per heavy atom. The van der Waals surface area contributed by atoms with Crippen LogP contribution in [0.3, 0.4) is 0 Å². The largest absolute Gasteiger partial charge is 0.496 e. The first-order valence-electron chi connectivity index (χ1n) is 13.6. The molecule has 0 aliphatic carbocycles. The summed E-state index contributed by atoms with van der Waals surface area (Å²) >= 11 is 1.66. The summed E-state index contributed by atoms with van der Waals surface area (Å²) in [6.07, 6.45) is 8.51. The van der Waals surface area contributed by atoms with Crippen LogP contribution in [-0.2, 0) is 19.4 Å². The van der Waals surface area contributed by atoms with Crippen molar-refractivity contribution >= 4 is 21.6 Å². The normalized spacial score (nSPS) is 11.4. The van der Waals surface area contributed by atoms with Gasteiger partial charge < -0.3 is 4.74 Å². The lowest BCUT2D eigenvalue weighted by Gasteiger charge is -2.15. The maximum atomic E-state index is 13.9. The van der Waals surface area contributed by atoms with E-state index in [9.17, 15) is 10.1 Å². The number of methoxy groups -OCH3 is 1. The number of hydrogen-bond acceptors (Lipinski definition) is 4. The third-order valence-electron chi connectivity index (χ3n) is 6.65. The first kappa shape index (κ1) is 29.7. The molecule has 0 spiro atoms. The van der Waals surface area contributed by atoms with Crippen LogP contribution in [-0.4, -0.2) is 11.7 Å². The number of thiophene rings is 1. The minimum atomic E-state index is 0.00341. The number of nitriles is 1. The van der Waals surface area contributed by atoms with Crippen LogP contribution in [0.1, 0.15) is 62.6 Å². The summed E-state index contributed by atoms with van der Waals surface area (Å²) in [6, 6.07) is 20.2. The lowest BCUT2D eigenvalue weighted by Crippen LogP contribution is -2.25. The Hall–Kier alpha value is -3.88. The van der Waals surface area contributed by atoms with Gasteiger partial charge in [-0.05, 0) is 61.9 Å². The number of pyridine rings is 1. The van der Waals surface area contributed by atoms with E-state index in [4.69, 9.17) is 4.74 Å². The quantitative estimate of drug-likeness (QED) is 0.200. The molecule has 0 radical (unpaired) electrons. The summed E-state index contributed by atoms with van der Waals surface area (Å²) in [4.78, 5) is 16.1. The highest BCUT2D eigenvalue weighted by molar-refractivity contribution is 7.18. The third kappa shape index (κ3) is 6.58. The fourth-order valence-corrected chi connectivity index (χ4v) is 5.78.